The van der Waals surface area contributed by atoms with E-state index in [0.717, 1.165) is 5.69 Å². The van der Waals surface area contributed by atoms with Gasteiger partial charge < -0.3 is 5.32 Å². The van der Waals surface area contributed by atoms with Crippen molar-refractivity contribution in [3.8, 4) is 5.69 Å². The molecule has 0 radical (unpaired) electrons. The Morgan fingerprint density at radius 1 is 1.17 bits per heavy atom. The van der Waals surface area contributed by atoms with Crippen LogP contribution in [0.1, 0.15) is 10.5 Å². The Morgan fingerprint density at radius 2 is 2.00 bits per heavy atom. The van der Waals surface area contributed by atoms with Crippen molar-refractivity contribution >= 4 is 5.91 Å². The van der Waals surface area contributed by atoms with E-state index in [9.17, 15) is 9.59 Å². The summed E-state index contributed by atoms with van der Waals surface area (Å²) in [6, 6.07) is 10.7. The summed E-state index contributed by atoms with van der Waals surface area (Å²) in [7, 11) is 0. The zero-order chi connectivity index (χ0) is 16.1. The van der Waals surface area contributed by atoms with Gasteiger partial charge in [-0.1, -0.05) is 18.2 Å². The first-order valence-corrected chi connectivity index (χ1v) is 7.00. The van der Waals surface area contributed by atoms with Gasteiger partial charge in [-0.25, -0.2) is 4.98 Å². The van der Waals surface area contributed by atoms with Crippen molar-refractivity contribution in [1.29, 1.82) is 0 Å². The fraction of sp³-hybridized carbons (Fsp3) is 0.133. The number of nitrogens with one attached hydrogen (secondary N) is 1. The molecule has 23 heavy (non-hydrogen) atoms. The molecule has 8 heteroatoms. The molecule has 3 aromatic rings. The molecule has 0 saturated heterocycles. The number of hydrogen-bond donors (Lipinski definition) is 1. The highest BCUT2D eigenvalue weighted by molar-refractivity contribution is 5.91. The van der Waals surface area contributed by atoms with Crippen LogP contribution in [-0.4, -0.2) is 37.0 Å². The smallest absolute Gasteiger partial charge is 0.273 e. The largest absolute Gasteiger partial charge is 0.349 e. The fourth-order valence-electron chi connectivity index (χ4n) is 1.98. The highest BCUT2D eigenvalue weighted by Crippen LogP contribution is 2.04. The van der Waals surface area contributed by atoms with E-state index in [1.165, 1.54) is 34.2 Å². The third-order valence-electron chi connectivity index (χ3n) is 3.14. The van der Waals surface area contributed by atoms with Gasteiger partial charge in [0, 0.05) is 25.4 Å². The molecular weight excluding hydrogens is 296 g/mol. The summed E-state index contributed by atoms with van der Waals surface area (Å²) < 4.78 is 1.42. The Bertz CT molecular complexity index is 855. The monoisotopic (exact) mass is 310 g/mol. The van der Waals surface area contributed by atoms with Crippen LogP contribution >= 0.6 is 0 Å². The molecule has 0 fully saturated rings. The van der Waals surface area contributed by atoms with Crippen LogP contribution < -0.4 is 10.9 Å². The van der Waals surface area contributed by atoms with E-state index in [2.05, 4.69) is 20.5 Å². The summed E-state index contributed by atoms with van der Waals surface area (Å²) in [6.07, 6.45) is 4.26. The molecule has 0 atom stereocenters. The van der Waals surface area contributed by atoms with Gasteiger partial charge in [-0.2, -0.15) is 9.90 Å². The van der Waals surface area contributed by atoms with Crippen molar-refractivity contribution in [3.63, 3.8) is 0 Å². The molecule has 0 aliphatic carbocycles. The standard InChI is InChI=1S/C15H14N6O2/c22-14-6-7-16-11-20(14)9-8-17-15(23)13-10-18-21(19-13)12-4-2-1-3-5-12/h1-7,10-11H,8-9H2,(H,17,23). The minimum absolute atomic E-state index is 0.163. The molecule has 1 N–H and O–H groups in total. The van der Waals surface area contributed by atoms with Crippen LogP contribution in [0.2, 0.25) is 0 Å². The van der Waals surface area contributed by atoms with Crippen molar-refractivity contribution in [2.45, 2.75) is 6.54 Å². The first-order valence-electron chi connectivity index (χ1n) is 7.00. The zero-order valence-corrected chi connectivity index (χ0v) is 12.2. The number of aromatic nitrogens is 5. The van der Waals surface area contributed by atoms with Crippen molar-refractivity contribution < 1.29 is 4.79 Å². The van der Waals surface area contributed by atoms with E-state index < -0.39 is 0 Å². The molecule has 3 rings (SSSR count). The molecule has 0 aliphatic rings. The third kappa shape index (κ3) is 3.49. The molecule has 1 amide bonds. The van der Waals surface area contributed by atoms with Gasteiger partial charge in [-0.05, 0) is 12.1 Å². The van der Waals surface area contributed by atoms with Gasteiger partial charge in [-0.3, -0.25) is 14.2 Å². The molecular formula is C15H14N6O2. The Hall–Kier alpha value is -3.29. The summed E-state index contributed by atoms with van der Waals surface area (Å²) in [5.41, 5.74) is 0.824. The van der Waals surface area contributed by atoms with Crippen molar-refractivity contribution in [1.82, 2.24) is 29.9 Å². The average molecular weight is 310 g/mol. The topological polar surface area (TPSA) is 94.7 Å². The van der Waals surface area contributed by atoms with Gasteiger partial charge in [0.25, 0.3) is 11.5 Å². The Morgan fingerprint density at radius 3 is 2.78 bits per heavy atom. The van der Waals surface area contributed by atoms with E-state index >= 15 is 0 Å². The van der Waals surface area contributed by atoms with Crippen LogP contribution in [0, 0.1) is 0 Å². The maximum Gasteiger partial charge on any atom is 0.273 e. The number of amides is 1. The number of carbonyl (C=O) groups is 1. The molecule has 0 aliphatic heterocycles. The minimum atomic E-state index is -0.343. The molecule has 0 unspecified atom stereocenters. The molecule has 2 heterocycles. The second-order valence-corrected chi connectivity index (χ2v) is 4.72. The maximum absolute atomic E-state index is 12.0. The van der Waals surface area contributed by atoms with Gasteiger partial charge >= 0.3 is 0 Å². The summed E-state index contributed by atoms with van der Waals surface area (Å²) >= 11 is 0. The average Bonchev–Trinajstić information content (AvgIpc) is 3.07. The molecule has 116 valence electrons. The number of nitrogens with zero attached hydrogens (tertiary/aromatic N) is 5. The van der Waals surface area contributed by atoms with Gasteiger partial charge in [0.05, 0.1) is 18.2 Å². The number of para-hydroxylation sites is 1. The normalized spacial score (nSPS) is 10.4. The number of rotatable bonds is 5. The van der Waals surface area contributed by atoms with Gasteiger partial charge in [0.15, 0.2) is 5.69 Å². The van der Waals surface area contributed by atoms with Crippen molar-refractivity contribution in [2.24, 2.45) is 0 Å². The van der Waals surface area contributed by atoms with Gasteiger partial charge in [-0.15, -0.1) is 5.10 Å². The van der Waals surface area contributed by atoms with Gasteiger partial charge in [0.1, 0.15) is 0 Å². The lowest BCUT2D eigenvalue weighted by atomic mass is 10.3. The molecule has 1 aromatic carbocycles. The highest BCUT2D eigenvalue weighted by Gasteiger charge is 2.10. The lowest BCUT2D eigenvalue weighted by Crippen LogP contribution is -2.30. The van der Waals surface area contributed by atoms with Crippen LogP contribution in [0.3, 0.4) is 0 Å². The molecule has 0 bridgehead atoms. The number of benzene rings is 1. The maximum atomic E-state index is 12.0. The fourth-order valence-corrected chi connectivity index (χ4v) is 1.98. The second-order valence-electron chi connectivity index (χ2n) is 4.72. The predicted octanol–water partition coefficient (Wildman–Crippen LogP) is 0.254. The van der Waals surface area contributed by atoms with Crippen LogP contribution in [0.4, 0.5) is 0 Å². The summed E-state index contributed by atoms with van der Waals surface area (Å²) in [6.45, 7) is 0.633. The minimum Gasteiger partial charge on any atom is -0.349 e. The molecule has 0 spiro atoms. The van der Waals surface area contributed by atoms with Crippen molar-refractivity contribution in [3.05, 3.63) is 71.2 Å². The predicted molar refractivity (Wildman–Crippen MR) is 82.2 cm³/mol. The zero-order valence-electron chi connectivity index (χ0n) is 12.2. The van der Waals surface area contributed by atoms with E-state index in [4.69, 9.17) is 0 Å². The van der Waals surface area contributed by atoms with Gasteiger partial charge in [0.2, 0.25) is 0 Å². The summed E-state index contributed by atoms with van der Waals surface area (Å²) in [5, 5.41) is 10.9. The molecule has 0 saturated carbocycles. The first-order chi connectivity index (χ1) is 11.2. The Balaban J connectivity index is 1.60. The third-order valence-corrected chi connectivity index (χ3v) is 3.14. The first kappa shape index (κ1) is 14.6. The lowest BCUT2D eigenvalue weighted by molar-refractivity contribution is 0.0946. The Kier molecular flexibility index (Phi) is 4.23. The van der Waals surface area contributed by atoms with E-state index in [1.54, 1.807) is 0 Å². The van der Waals surface area contributed by atoms with E-state index in [1.807, 2.05) is 30.3 Å². The number of hydrogen-bond acceptors (Lipinski definition) is 5. The van der Waals surface area contributed by atoms with Crippen molar-refractivity contribution in [2.75, 3.05) is 6.54 Å². The quantitative estimate of drug-likeness (QED) is 0.729. The van der Waals surface area contributed by atoms with Crippen LogP contribution in [0.5, 0.6) is 0 Å². The van der Waals surface area contributed by atoms with Crippen LogP contribution in [-0.2, 0) is 6.54 Å². The molecule has 2 aromatic heterocycles. The van der Waals surface area contributed by atoms with Crippen LogP contribution in [0.15, 0.2) is 59.9 Å². The van der Waals surface area contributed by atoms with E-state index in [0.29, 0.717) is 13.1 Å². The summed E-state index contributed by atoms with van der Waals surface area (Å²) in [5.74, 6) is -0.343. The summed E-state index contributed by atoms with van der Waals surface area (Å²) in [4.78, 5) is 28.8. The van der Waals surface area contributed by atoms with E-state index in [-0.39, 0.29) is 17.2 Å². The lowest BCUT2D eigenvalue weighted by Gasteiger charge is -2.05. The SMILES string of the molecule is O=C(NCCn1cnccc1=O)c1cnn(-c2ccccc2)n1. The molecule has 8 nitrogen and oxygen atoms in total. The number of carbonyl (C=O) groups excluding carboxylic acids is 1. The highest BCUT2D eigenvalue weighted by atomic mass is 16.2. The second kappa shape index (κ2) is 6.65. The Labute approximate surface area is 131 Å². The van der Waals surface area contributed by atoms with Crippen LogP contribution in [0.25, 0.3) is 5.69 Å².